The molecule has 1 unspecified atom stereocenters. The van der Waals surface area contributed by atoms with E-state index >= 15 is 0 Å². The van der Waals surface area contributed by atoms with Crippen LogP contribution in [0.4, 0.5) is 0 Å². The Kier molecular flexibility index (Phi) is 7.45. The summed E-state index contributed by atoms with van der Waals surface area (Å²) in [6, 6.07) is 0. The van der Waals surface area contributed by atoms with Crippen LogP contribution in [0.5, 0.6) is 0 Å². The average Bonchev–Trinajstić information content (AvgIpc) is 3.15. The summed E-state index contributed by atoms with van der Waals surface area (Å²) < 4.78 is 16.5. The lowest BCUT2D eigenvalue weighted by Crippen LogP contribution is -2.76. The third-order valence-corrected chi connectivity index (χ3v) is 11.5. The lowest BCUT2D eigenvalue weighted by molar-refractivity contribution is -0.342. The molecular formula is C27H44O12. The summed E-state index contributed by atoms with van der Waals surface area (Å²) in [6.07, 6.45) is -8.87. The molecule has 1 aliphatic heterocycles. The summed E-state index contributed by atoms with van der Waals surface area (Å²) in [4.78, 5) is 12.6. The highest BCUT2D eigenvalue weighted by atomic mass is 16.7. The molecule has 15 atom stereocenters. The first kappa shape index (κ1) is 29.6. The Labute approximate surface area is 227 Å². The van der Waals surface area contributed by atoms with Gasteiger partial charge >= 0.3 is 5.97 Å². The van der Waals surface area contributed by atoms with E-state index in [2.05, 4.69) is 0 Å². The second kappa shape index (κ2) is 9.82. The third-order valence-electron chi connectivity index (χ3n) is 11.5. The van der Waals surface area contributed by atoms with Crippen LogP contribution in [0.3, 0.4) is 0 Å². The zero-order valence-electron chi connectivity index (χ0n) is 22.7. The lowest BCUT2D eigenvalue weighted by Gasteiger charge is -2.68. The van der Waals surface area contributed by atoms with E-state index in [1.807, 2.05) is 0 Å². The van der Waals surface area contributed by atoms with Gasteiger partial charge in [-0.1, -0.05) is 6.92 Å². The van der Waals surface area contributed by atoms with E-state index in [0.29, 0.717) is 12.8 Å². The molecule has 4 aliphatic carbocycles. The number of carbonyl (C=O) groups excluding carboxylic acids is 1. The first-order valence-corrected chi connectivity index (χ1v) is 14.1. The Morgan fingerprint density at radius 1 is 1.00 bits per heavy atom. The number of methoxy groups -OCH3 is 1. The van der Waals surface area contributed by atoms with Gasteiger partial charge in [0.2, 0.25) is 0 Å². The summed E-state index contributed by atoms with van der Waals surface area (Å²) in [5, 5.41) is 88.8. The van der Waals surface area contributed by atoms with Crippen molar-refractivity contribution >= 4 is 5.97 Å². The highest BCUT2D eigenvalue weighted by Gasteiger charge is 2.75. The van der Waals surface area contributed by atoms with Gasteiger partial charge in [0, 0.05) is 24.2 Å². The third kappa shape index (κ3) is 3.90. The molecule has 5 rings (SSSR count). The van der Waals surface area contributed by atoms with Crippen molar-refractivity contribution in [3.63, 3.8) is 0 Å². The second-order valence-corrected chi connectivity index (χ2v) is 13.0. The zero-order valence-corrected chi connectivity index (χ0v) is 22.7. The Balaban J connectivity index is 1.43. The quantitative estimate of drug-likeness (QED) is 0.141. The topological polar surface area (TPSA) is 207 Å². The molecule has 39 heavy (non-hydrogen) atoms. The Hall–Kier alpha value is -0.930. The fraction of sp³-hybridized carbons (Fsp3) is 0.963. The van der Waals surface area contributed by atoms with Crippen LogP contribution >= 0.6 is 0 Å². The highest BCUT2D eigenvalue weighted by Crippen LogP contribution is 2.70. The first-order chi connectivity index (χ1) is 18.2. The van der Waals surface area contributed by atoms with Crippen LogP contribution in [-0.4, -0.2) is 121 Å². The van der Waals surface area contributed by atoms with Crippen molar-refractivity contribution < 1.29 is 59.9 Å². The van der Waals surface area contributed by atoms with E-state index in [-0.39, 0.29) is 32.1 Å². The molecule has 12 nitrogen and oxygen atoms in total. The minimum absolute atomic E-state index is 0.0368. The predicted octanol–water partition coefficient (Wildman–Crippen LogP) is -1.83. The first-order valence-electron chi connectivity index (χ1n) is 14.1. The normalized spacial score (nSPS) is 57.3. The molecule has 0 spiro atoms. The van der Waals surface area contributed by atoms with Crippen molar-refractivity contribution in [1.29, 1.82) is 0 Å². The van der Waals surface area contributed by atoms with Gasteiger partial charge < -0.3 is 55.1 Å². The van der Waals surface area contributed by atoms with Crippen LogP contribution in [0.2, 0.25) is 0 Å². The van der Waals surface area contributed by atoms with E-state index < -0.39 is 101 Å². The fourth-order valence-electron chi connectivity index (χ4n) is 9.42. The standard InChI is InChI=1S/C27H44O12/c1-12-19(31)20(32)21(33)23(38-12)39-13-8-17(30)26(11-28)18-14(4-6-25(26,35)9-13)27(36)7-5-15(22(34)37-3)24(27,2)10-16(18)29/h12-21,23,28-33,35-36H,4-11H2,1-3H3/t12-,13-,14+,15?,16+,17+,18+,19-,20+,21+,23-,24+,25-,26+,27-/m0/s1. The van der Waals surface area contributed by atoms with Gasteiger partial charge in [0.15, 0.2) is 6.29 Å². The van der Waals surface area contributed by atoms with Gasteiger partial charge in [-0.3, -0.25) is 4.79 Å². The van der Waals surface area contributed by atoms with Crippen molar-refractivity contribution in [2.24, 2.45) is 28.6 Å². The molecule has 4 saturated carbocycles. The van der Waals surface area contributed by atoms with Crippen molar-refractivity contribution in [3.8, 4) is 0 Å². The fourth-order valence-corrected chi connectivity index (χ4v) is 9.42. The number of carbonyl (C=O) groups is 1. The number of ether oxygens (including phenoxy) is 3. The molecule has 0 radical (unpaired) electrons. The molecule has 0 bridgehead atoms. The molecule has 5 aliphatic rings. The second-order valence-electron chi connectivity index (χ2n) is 13.0. The summed E-state index contributed by atoms with van der Waals surface area (Å²) in [6.45, 7) is 2.66. The van der Waals surface area contributed by atoms with Gasteiger partial charge in [-0.15, -0.1) is 0 Å². The van der Waals surface area contributed by atoms with Crippen LogP contribution < -0.4 is 0 Å². The van der Waals surface area contributed by atoms with E-state index in [0.717, 1.165) is 0 Å². The molecule has 1 saturated heterocycles. The summed E-state index contributed by atoms with van der Waals surface area (Å²) in [5.74, 6) is -2.51. The summed E-state index contributed by atoms with van der Waals surface area (Å²) in [5.41, 5.74) is -5.63. The van der Waals surface area contributed by atoms with Gasteiger partial charge in [0.1, 0.15) is 18.3 Å². The number of hydrogen-bond donors (Lipinski definition) is 8. The summed E-state index contributed by atoms with van der Waals surface area (Å²) >= 11 is 0. The van der Waals surface area contributed by atoms with Gasteiger partial charge in [-0.2, -0.15) is 0 Å². The number of esters is 1. The number of fused-ring (bicyclic) bond motifs is 5. The molecule has 1 heterocycles. The predicted molar refractivity (Wildman–Crippen MR) is 132 cm³/mol. The van der Waals surface area contributed by atoms with Gasteiger partial charge in [-0.05, 0) is 44.9 Å². The monoisotopic (exact) mass is 560 g/mol. The Morgan fingerprint density at radius 2 is 1.69 bits per heavy atom. The smallest absolute Gasteiger partial charge is 0.309 e. The van der Waals surface area contributed by atoms with E-state index in [1.165, 1.54) is 14.0 Å². The van der Waals surface area contributed by atoms with Gasteiger partial charge in [0.05, 0.1) is 60.7 Å². The lowest BCUT2D eigenvalue weighted by atomic mass is 9.40. The minimum Gasteiger partial charge on any atom is -0.469 e. The number of aliphatic hydroxyl groups excluding tert-OH is 6. The van der Waals surface area contributed by atoms with Crippen LogP contribution in [0.15, 0.2) is 0 Å². The van der Waals surface area contributed by atoms with E-state index in [9.17, 15) is 45.6 Å². The number of aliphatic hydroxyl groups is 8. The zero-order chi connectivity index (χ0) is 28.7. The molecule has 0 amide bonds. The Morgan fingerprint density at radius 3 is 2.33 bits per heavy atom. The maximum absolute atomic E-state index is 12.6. The van der Waals surface area contributed by atoms with E-state index in [4.69, 9.17) is 14.2 Å². The van der Waals surface area contributed by atoms with Gasteiger partial charge in [0.25, 0.3) is 0 Å². The van der Waals surface area contributed by atoms with Crippen LogP contribution in [0.25, 0.3) is 0 Å². The summed E-state index contributed by atoms with van der Waals surface area (Å²) in [7, 11) is 1.30. The van der Waals surface area contributed by atoms with Crippen LogP contribution in [0.1, 0.15) is 58.8 Å². The van der Waals surface area contributed by atoms with Gasteiger partial charge in [-0.25, -0.2) is 0 Å². The number of rotatable bonds is 4. The van der Waals surface area contributed by atoms with Crippen LogP contribution in [-0.2, 0) is 19.0 Å². The molecule has 0 aromatic rings. The van der Waals surface area contributed by atoms with Crippen molar-refractivity contribution in [1.82, 2.24) is 0 Å². The van der Waals surface area contributed by atoms with Crippen molar-refractivity contribution in [2.75, 3.05) is 13.7 Å². The van der Waals surface area contributed by atoms with Crippen molar-refractivity contribution in [2.45, 2.75) is 119 Å². The average molecular weight is 561 g/mol. The molecule has 12 heteroatoms. The maximum Gasteiger partial charge on any atom is 0.309 e. The minimum atomic E-state index is -1.69. The SMILES string of the molecule is COC(=O)C1CC[C@]2(O)[C@@H]3CC[C@]4(O)C[C@@H](O[C@@H]5O[C@@H](C)[C@H](O)[C@@H](O)[C@H]5O)C[C@@H](O)[C@]4(CO)[C@H]3[C@H](O)C[C@]12C. The Bertz CT molecular complexity index is 950. The molecular weight excluding hydrogens is 516 g/mol. The molecule has 0 aromatic carbocycles. The number of hydrogen-bond acceptors (Lipinski definition) is 12. The van der Waals surface area contributed by atoms with Crippen LogP contribution in [0, 0.1) is 28.6 Å². The van der Waals surface area contributed by atoms with E-state index in [1.54, 1.807) is 6.92 Å². The maximum atomic E-state index is 12.6. The van der Waals surface area contributed by atoms with Crippen molar-refractivity contribution in [3.05, 3.63) is 0 Å². The molecule has 5 fully saturated rings. The highest BCUT2D eigenvalue weighted by molar-refractivity contribution is 5.74. The molecule has 224 valence electrons. The molecule has 8 N–H and O–H groups in total. The largest absolute Gasteiger partial charge is 0.469 e. The molecule has 0 aromatic heterocycles.